The second-order valence-corrected chi connectivity index (χ2v) is 17.2. The summed E-state index contributed by atoms with van der Waals surface area (Å²) in [5.74, 6) is -3.40. The van der Waals surface area contributed by atoms with Gasteiger partial charge in [-0.2, -0.15) is 0 Å². The monoisotopic (exact) mass is 750 g/mol. The molecule has 6 atom stereocenters. The van der Waals surface area contributed by atoms with E-state index < -0.39 is 59.0 Å². The van der Waals surface area contributed by atoms with Crippen molar-refractivity contribution in [1.82, 2.24) is 31.2 Å². The third-order valence-electron chi connectivity index (χ3n) is 12.0. The molecule has 5 rings (SSSR count). The Morgan fingerprint density at radius 1 is 0.870 bits per heavy atom. The van der Waals surface area contributed by atoms with Gasteiger partial charge in [0.1, 0.15) is 23.8 Å². The highest BCUT2D eigenvalue weighted by atomic mass is 16.2. The largest absolute Gasteiger partial charge is 0.348 e. The van der Waals surface area contributed by atoms with Gasteiger partial charge in [-0.1, -0.05) is 73.1 Å². The number of likely N-dealkylation sites (tertiary alicyclic amines) is 1. The summed E-state index contributed by atoms with van der Waals surface area (Å²) >= 11 is 0. The molecule has 13 nitrogen and oxygen atoms in total. The third kappa shape index (κ3) is 9.60. The van der Waals surface area contributed by atoms with Gasteiger partial charge in [0.05, 0.1) is 11.7 Å². The van der Waals surface area contributed by atoms with Crippen LogP contribution in [-0.2, 0) is 30.4 Å². The Bertz CT molecular complexity index is 1590. The number of hydrogen-bond acceptors (Lipinski definition) is 7. The first-order valence-corrected chi connectivity index (χ1v) is 20.5. The van der Waals surface area contributed by atoms with E-state index in [0.29, 0.717) is 31.4 Å². The maximum absolute atomic E-state index is 14.9. The van der Waals surface area contributed by atoms with Crippen LogP contribution in [0.25, 0.3) is 0 Å². The molecule has 4 aliphatic rings. The molecule has 5 amide bonds. The van der Waals surface area contributed by atoms with E-state index in [4.69, 9.17) is 0 Å². The van der Waals surface area contributed by atoms with Crippen LogP contribution in [0.1, 0.15) is 158 Å². The zero-order chi connectivity index (χ0) is 39.3. The van der Waals surface area contributed by atoms with Gasteiger partial charge in [0.15, 0.2) is 5.78 Å². The number of carbonyl (C=O) groups is 7. The van der Waals surface area contributed by atoms with Crippen molar-refractivity contribution in [3.05, 3.63) is 23.0 Å². The minimum atomic E-state index is -1.03. The standard InChI is InChI=1S/C41H62N6O7/c1-7-14-28(34(49)39(53)42-27-19-20-27)44-37(51)31-22-26-17-12-13-18-30(26)47(31)40(54)35(41(4,5)6)46-38(52)33(25-15-10-9-11-16-25)45-36(50)29-21-24(8-2)32(43-29)23(3)48/h21,25-28,30-31,33,35,43H,7-20,22H2,1-6H3,(H,42,53)(H,44,51)(H,45,50)(H,46,52)/t26-,28-,30-,31-,33?,35+/m0/s1. The predicted molar refractivity (Wildman–Crippen MR) is 203 cm³/mol. The van der Waals surface area contributed by atoms with E-state index >= 15 is 0 Å². The van der Waals surface area contributed by atoms with Gasteiger partial charge in [0, 0.05) is 19.0 Å². The van der Waals surface area contributed by atoms with Crippen molar-refractivity contribution in [1.29, 1.82) is 0 Å². The summed E-state index contributed by atoms with van der Waals surface area (Å²) in [4.78, 5) is 100.0. The molecular formula is C41H62N6O7. The zero-order valence-electron chi connectivity index (χ0n) is 33.1. The summed E-state index contributed by atoms with van der Waals surface area (Å²) in [6.07, 6.45) is 11.4. The number of amides is 5. The fourth-order valence-electron chi connectivity index (χ4n) is 8.81. The summed E-state index contributed by atoms with van der Waals surface area (Å²) in [6, 6.07) is -2.36. The van der Waals surface area contributed by atoms with E-state index in [2.05, 4.69) is 26.3 Å². The molecule has 3 aliphatic carbocycles. The van der Waals surface area contributed by atoms with E-state index in [0.717, 1.165) is 76.2 Å². The number of nitrogens with zero attached hydrogens (tertiary/aromatic N) is 1. The van der Waals surface area contributed by atoms with Crippen LogP contribution >= 0.6 is 0 Å². The molecule has 1 aromatic rings. The van der Waals surface area contributed by atoms with Crippen LogP contribution in [0.5, 0.6) is 0 Å². The second kappa shape index (κ2) is 17.6. The Balaban J connectivity index is 1.39. The van der Waals surface area contributed by atoms with Crippen molar-refractivity contribution in [2.24, 2.45) is 17.3 Å². The number of H-pyrrole nitrogens is 1. The molecular weight excluding hydrogens is 688 g/mol. The highest BCUT2D eigenvalue weighted by Crippen LogP contribution is 2.41. The highest BCUT2D eigenvalue weighted by molar-refractivity contribution is 6.38. The number of Topliss-reactive ketones (excluding diaryl/α,β-unsaturated/α-hetero) is 2. The smallest absolute Gasteiger partial charge is 0.289 e. The van der Waals surface area contributed by atoms with Crippen molar-refractivity contribution < 1.29 is 33.6 Å². The Labute approximate surface area is 319 Å². The molecule has 4 fully saturated rings. The minimum Gasteiger partial charge on any atom is -0.348 e. The van der Waals surface area contributed by atoms with Crippen molar-refractivity contribution in [2.45, 2.75) is 174 Å². The maximum atomic E-state index is 14.9. The number of aromatic amines is 1. The SMILES string of the molecule is CCC[C@H](NC(=O)[C@@H]1C[C@@H]2CCCC[C@@H]2N1C(=O)[C@@H](NC(=O)C(NC(=O)c1cc(CC)c(C(C)=O)[nH]1)C1CCCCC1)C(C)(C)C)C(=O)C(=O)NC1CC1. The molecule has 0 spiro atoms. The van der Waals surface area contributed by atoms with Gasteiger partial charge in [-0.15, -0.1) is 0 Å². The fraction of sp³-hybridized carbons (Fsp3) is 0.732. The van der Waals surface area contributed by atoms with Crippen LogP contribution in [0.4, 0.5) is 0 Å². The normalized spacial score (nSPS) is 23.4. The molecule has 5 N–H and O–H groups in total. The van der Waals surface area contributed by atoms with Crippen molar-refractivity contribution in [3.63, 3.8) is 0 Å². The van der Waals surface area contributed by atoms with Crippen molar-refractivity contribution >= 4 is 41.1 Å². The molecule has 54 heavy (non-hydrogen) atoms. The highest BCUT2D eigenvalue weighted by Gasteiger charge is 2.51. The molecule has 2 heterocycles. The first kappa shape index (κ1) is 41.1. The van der Waals surface area contributed by atoms with E-state index in [1.54, 1.807) is 11.0 Å². The van der Waals surface area contributed by atoms with Crippen LogP contribution in [0.3, 0.4) is 0 Å². The van der Waals surface area contributed by atoms with Crippen LogP contribution in [0.2, 0.25) is 0 Å². The average molecular weight is 751 g/mol. The Morgan fingerprint density at radius 3 is 2.13 bits per heavy atom. The number of hydrogen-bond donors (Lipinski definition) is 5. The number of ketones is 2. The number of rotatable bonds is 15. The second-order valence-electron chi connectivity index (χ2n) is 17.2. The lowest BCUT2D eigenvalue weighted by atomic mass is 9.81. The first-order valence-electron chi connectivity index (χ1n) is 20.5. The first-order chi connectivity index (χ1) is 25.6. The molecule has 1 unspecified atom stereocenters. The summed E-state index contributed by atoms with van der Waals surface area (Å²) in [5.41, 5.74) is 0.529. The quantitative estimate of drug-likeness (QED) is 0.131. The Hall–Kier alpha value is -4.03. The number of carbonyl (C=O) groups excluding carboxylic acids is 7. The number of aromatic nitrogens is 1. The van der Waals surface area contributed by atoms with Crippen molar-refractivity contribution in [3.8, 4) is 0 Å². The lowest BCUT2D eigenvalue weighted by Gasteiger charge is -2.40. The van der Waals surface area contributed by atoms with E-state index in [9.17, 15) is 33.6 Å². The van der Waals surface area contributed by atoms with Gasteiger partial charge in [-0.25, -0.2) is 0 Å². The van der Waals surface area contributed by atoms with Crippen LogP contribution < -0.4 is 21.3 Å². The summed E-state index contributed by atoms with van der Waals surface area (Å²) in [6.45, 7) is 10.8. The molecule has 1 aliphatic heterocycles. The lowest BCUT2D eigenvalue weighted by molar-refractivity contribution is -0.147. The van der Waals surface area contributed by atoms with E-state index in [1.807, 2.05) is 34.6 Å². The van der Waals surface area contributed by atoms with Crippen LogP contribution in [0.15, 0.2) is 6.07 Å². The lowest BCUT2D eigenvalue weighted by Crippen LogP contribution is -2.63. The van der Waals surface area contributed by atoms with Crippen LogP contribution in [0, 0.1) is 17.3 Å². The zero-order valence-corrected chi connectivity index (χ0v) is 33.1. The van der Waals surface area contributed by atoms with Crippen LogP contribution in [-0.4, -0.2) is 87.2 Å². The van der Waals surface area contributed by atoms with Gasteiger partial charge in [-0.05, 0) is 86.7 Å². The van der Waals surface area contributed by atoms with Gasteiger partial charge in [-0.3, -0.25) is 33.6 Å². The molecule has 13 heteroatoms. The van der Waals surface area contributed by atoms with E-state index in [-0.39, 0.29) is 41.3 Å². The summed E-state index contributed by atoms with van der Waals surface area (Å²) in [5, 5.41) is 11.6. The predicted octanol–water partition coefficient (Wildman–Crippen LogP) is 4.28. The fourth-order valence-corrected chi connectivity index (χ4v) is 8.81. The topological polar surface area (TPSA) is 187 Å². The Morgan fingerprint density at radius 2 is 1.54 bits per heavy atom. The number of fused-ring (bicyclic) bond motifs is 1. The van der Waals surface area contributed by atoms with Crippen molar-refractivity contribution in [2.75, 3.05) is 0 Å². The molecule has 1 aromatic heterocycles. The number of nitrogens with one attached hydrogen (secondary N) is 5. The molecule has 0 bridgehead atoms. The molecule has 0 aromatic carbocycles. The van der Waals surface area contributed by atoms with Gasteiger partial charge in [0.25, 0.3) is 11.8 Å². The van der Waals surface area contributed by atoms with Gasteiger partial charge < -0.3 is 31.2 Å². The van der Waals surface area contributed by atoms with Gasteiger partial charge in [0.2, 0.25) is 23.5 Å². The third-order valence-corrected chi connectivity index (χ3v) is 12.0. The summed E-state index contributed by atoms with van der Waals surface area (Å²) < 4.78 is 0. The number of aryl methyl sites for hydroxylation is 1. The summed E-state index contributed by atoms with van der Waals surface area (Å²) in [7, 11) is 0. The Kier molecular flexibility index (Phi) is 13.4. The molecule has 1 saturated heterocycles. The average Bonchev–Trinajstić information content (AvgIpc) is 3.69. The molecule has 0 radical (unpaired) electrons. The van der Waals surface area contributed by atoms with Gasteiger partial charge >= 0.3 is 0 Å². The minimum absolute atomic E-state index is 0.00282. The maximum Gasteiger partial charge on any atom is 0.289 e. The molecule has 3 saturated carbocycles. The van der Waals surface area contributed by atoms with E-state index in [1.165, 1.54) is 6.92 Å². The molecule has 298 valence electrons.